The van der Waals surface area contributed by atoms with E-state index in [1.54, 1.807) is 0 Å². The molecule has 352 valence electrons. The zero-order valence-electron chi connectivity index (χ0n) is 41.3. The highest BCUT2D eigenvalue weighted by Gasteiger charge is 2.43. The van der Waals surface area contributed by atoms with E-state index in [1.165, 1.54) is 86.7 Å². The minimum absolute atomic E-state index is 1.15. The predicted octanol–water partition coefficient (Wildman–Crippen LogP) is 15.9. The van der Waals surface area contributed by atoms with E-state index in [9.17, 15) is 0 Å². The van der Waals surface area contributed by atoms with E-state index in [0.717, 1.165) is 33.5 Å². The molecule has 0 spiro atoms. The second kappa shape index (κ2) is 18.5. The van der Waals surface area contributed by atoms with Crippen molar-refractivity contribution in [2.75, 3.05) is 0 Å². The topological polar surface area (TPSA) is 9.86 Å². The summed E-state index contributed by atoms with van der Waals surface area (Å²) < 4.78 is 5.06. The number of hydrogen-bond donors (Lipinski definition) is 0. The second-order valence-electron chi connectivity index (χ2n) is 19.6. The van der Waals surface area contributed by atoms with Crippen molar-refractivity contribution in [3.8, 4) is 55.9 Å². The van der Waals surface area contributed by atoms with Gasteiger partial charge in [0.2, 0.25) is 0 Å². The van der Waals surface area contributed by atoms with Gasteiger partial charge in [-0.1, -0.05) is 273 Å². The third-order valence-corrected chi connectivity index (χ3v) is 20.2. The Labute approximate surface area is 438 Å². The molecule has 0 saturated carbocycles. The van der Waals surface area contributed by atoms with Gasteiger partial charge in [0.25, 0.3) is 0 Å². The SMILES string of the molecule is c1ccc(-c2cccc([Si](c3ccccc3)(c3cccc(-c4ccccc4)c3)c3cc(-c4ccccc4)c(-n4c5ccccc5c5c(-n6c7ccccc7c7ccccc76)cccc54)c(-c4ccccc4)c3)c2)cc1. The normalized spacial score (nSPS) is 11.7. The lowest BCUT2D eigenvalue weighted by atomic mass is 9.95. The zero-order chi connectivity index (χ0) is 49.7. The van der Waals surface area contributed by atoms with Gasteiger partial charge in [-0.3, -0.25) is 0 Å². The number of rotatable bonds is 10. The quantitative estimate of drug-likeness (QED) is 0.0955. The highest BCUT2D eigenvalue weighted by molar-refractivity contribution is 7.20. The fraction of sp³-hybridized carbons (Fsp3) is 0. The van der Waals surface area contributed by atoms with Gasteiger partial charge in [-0.2, -0.15) is 0 Å². The molecule has 0 radical (unpaired) electrons. The fourth-order valence-electron chi connectivity index (χ4n) is 12.2. The van der Waals surface area contributed by atoms with Gasteiger partial charge >= 0.3 is 0 Å². The molecule has 0 fully saturated rings. The molecule has 3 heteroatoms. The number of hydrogen-bond acceptors (Lipinski definition) is 0. The standard InChI is InChI=1S/C72H50N2Si/c1-6-25-51(26-7-1)55-33-22-37-58(47-55)75(57-35-14-5-15-36-57,59-38-23-34-56(48-59)52-27-8-2-9-28-52)60-49-64(53-29-10-3-11-30-53)72(65(50-60)54-31-12-4-13-32-54)74-68-44-21-18-41-63(68)71-69(45-24-46-70(71)74)73-66-42-19-16-39-61(66)62-40-17-20-43-67(62)73/h1-50H. The van der Waals surface area contributed by atoms with E-state index < -0.39 is 8.07 Å². The Morgan fingerprint density at radius 2 is 0.587 bits per heavy atom. The number of fused-ring (bicyclic) bond motifs is 6. The molecule has 0 bridgehead atoms. The third kappa shape index (κ3) is 7.31. The lowest BCUT2D eigenvalue weighted by Gasteiger charge is -2.36. The van der Waals surface area contributed by atoms with Crippen LogP contribution in [-0.2, 0) is 0 Å². The molecule has 0 N–H and O–H groups in total. The van der Waals surface area contributed by atoms with Crippen LogP contribution in [0.1, 0.15) is 0 Å². The Hall–Kier alpha value is -9.54. The van der Waals surface area contributed by atoms with Gasteiger partial charge in [-0.25, -0.2) is 0 Å². The van der Waals surface area contributed by atoms with Crippen molar-refractivity contribution in [3.63, 3.8) is 0 Å². The molecule has 14 rings (SSSR count). The van der Waals surface area contributed by atoms with Gasteiger partial charge in [0.05, 0.1) is 33.4 Å². The van der Waals surface area contributed by atoms with Crippen molar-refractivity contribution in [2.45, 2.75) is 0 Å². The Morgan fingerprint density at radius 1 is 0.227 bits per heavy atom. The summed E-state index contributed by atoms with van der Waals surface area (Å²) in [4.78, 5) is 0. The van der Waals surface area contributed by atoms with Crippen molar-refractivity contribution in [2.24, 2.45) is 0 Å². The lowest BCUT2D eigenvalue weighted by molar-refractivity contribution is 1.17. The average Bonchev–Trinajstić information content (AvgIpc) is 4.02. The van der Waals surface area contributed by atoms with Crippen molar-refractivity contribution in [3.05, 3.63) is 303 Å². The van der Waals surface area contributed by atoms with Crippen LogP contribution in [0.15, 0.2) is 303 Å². The number of para-hydroxylation sites is 3. The monoisotopic (exact) mass is 970 g/mol. The summed E-state index contributed by atoms with van der Waals surface area (Å²) in [6, 6.07) is 113. The lowest BCUT2D eigenvalue weighted by Crippen LogP contribution is -2.74. The minimum Gasteiger partial charge on any atom is -0.309 e. The molecule has 0 aliphatic carbocycles. The van der Waals surface area contributed by atoms with Crippen molar-refractivity contribution in [1.29, 1.82) is 0 Å². The first-order valence-corrected chi connectivity index (χ1v) is 27.9. The maximum absolute atomic E-state index is 3.28. The van der Waals surface area contributed by atoms with Crippen LogP contribution >= 0.6 is 0 Å². The van der Waals surface area contributed by atoms with Crippen molar-refractivity contribution >= 4 is 72.4 Å². The summed E-state index contributed by atoms with van der Waals surface area (Å²) in [5.74, 6) is 0. The van der Waals surface area contributed by atoms with Gasteiger partial charge < -0.3 is 9.13 Å². The molecule has 0 atom stereocenters. The zero-order valence-corrected chi connectivity index (χ0v) is 42.3. The van der Waals surface area contributed by atoms with Crippen molar-refractivity contribution < 1.29 is 0 Å². The molecule has 75 heavy (non-hydrogen) atoms. The van der Waals surface area contributed by atoms with Crippen LogP contribution in [-0.4, -0.2) is 17.2 Å². The van der Waals surface area contributed by atoms with Gasteiger partial charge in [0.1, 0.15) is 0 Å². The summed E-state index contributed by atoms with van der Waals surface area (Å²) >= 11 is 0. The van der Waals surface area contributed by atoms with E-state index in [-0.39, 0.29) is 0 Å². The molecular formula is C72H50N2Si. The van der Waals surface area contributed by atoms with Crippen LogP contribution in [0.3, 0.4) is 0 Å². The Morgan fingerprint density at radius 3 is 1.08 bits per heavy atom. The molecule has 0 aliphatic rings. The smallest absolute Gasteiger partial charge is 0.179 e. The van der Waals surface area contributed by atoms with Gasteiger partial charge in [0.15, 0.2) is 8.07 Å². The molecular weight excluding hydrogens is 921 g/mol. The first-order chi connectivity index (χ1) is 37.2. The minimum atomic E-state index is -3.28. The summed E-state index contributed by atoms with van der Waals surface area (Å²) in [5, 5.41) is 10.2. The van der Waals surface area contributed by atoms with E-state index in [0.29, 0.717) is 0 Å². The average molecular weight is 971 g/mol. The molecule has 2 heterocycles. The van der Waals surface area contributed by atoms with E-state index in [1.807, 2.05) is 0 Å². The number of aromatic nitrogens is 2. The van der Waals surface area contributed by atoms with Gasteiger partial charge in [-0.15, -0.1) is 0 Å². The van der Waals surface area contributed by atoms with Crippen molar-refractivity contribution in [1.82, 2.24) is 9.13 Å². The van der Waals surface area contributed by atoms with Crippen LogP contribution in [0.2, 0.25) is 0 Å². The molecule has 0 saturated heterocycles. The summed E-state index contributed by atoms with van der Waals surface area (Å²) in [7, 11) is -3.28. The predicted molar refractivity (Wildman–Crippen MR) is 320 cm³/mol. The molecule has 0 aliphatic heterocycles. The molecule has 0 amide bonds. The van der Waals surface area contributed by atoms with E-state index >= 15 is 0 Å². The fourth-order valence-corrected chi connectivity index (χ4v) is 17.0. The van der Waals surface area contributed by atoms with Gasteiger partial charge in [-0.05, 0) is 84.5 Å². The molecule has 12 aromatic carbocycles. The van der Waals surface area contributed by atoms with Crippen LogP contribution < -0.4 is 20.7 Å². The maximum atomic E-state index is 2.58. The second-order valence-corrected chi connectivity index (χ2v) is 23.4. The Balaban J connectivity index is 1.14. The van der Waals surface area contributed by atoms with E-state index in [4.69, 9.17) is 0 Å². The van der Waals surface area contributed by atoms with Gasteiger partial charge in [0, 0.05) is 32.7 Å². The summed E-state index contributed by atoms with van der Waals surface area (Å²) in [6.07, 6.45) is 0. The Kier molecular flexibility index (Phi) is 10.9. The highest BCUT2D eigenvalue weighted by atomic mass is 28.3. The summed E-state index contributed by atoms with van der Waals surface area (Å²) in [5.41, 5.74) is 16.4. The van der Waals surface area contributed by atoms with E-state index in [2.05, 4.69) is 312 Å². The first kappa shape index (κ1) is 44.2. The molecule has 2 aromatic heterocycles. The van der Waals surface area contributed by atoms with Crippen LogP contribution in [0, 0.1) is 0 Å². The first-order valence-electron chi connectivity index (χ1n) is 25.9. The van der Waals surface area contributed by atoms with Crippen LogP contribution in [0.5, 0.6) is 0 Å². The third-order valence-electron chi connectivity index (χ3n) is 15.4. The largest absolute Gasteiger partial charge is 0.309 e. The molecule has 2 nitrogen and oxygen atoms in total. The number of benzene rings is 12. The molecule has 0 unspecified atom stereocenters. The maximum Gasteiger partial charge on any atom is 0.179 e. The Bertz CT molecular complexity index is 4190. The molecule has 14 aromatic rings. The van der Waals surface area contributed by atoms with Crippen LogP contribution in [0.25, 0.3) is 99.5 Å². The highest BCUT2D eigenvalue weighted by Crippen LogP contribution is 2.44. The number of nitrogens with zero attached hydrogens (tertiary/aromatic N) is 2. The summed E-state index contributed by atoms with van der Waals surface area (Å²) in [6.45, 7) is 0. The van der Waals surface area contributed by atoms with Crippen LogP contribution in [0.4, 0.5) is 0 Å².